The standard InChI is InChI=1S/C20H21BrClN3O4/c1-11(2)18(20(27)23-12(3)13-4-6-14(21)7-5-13)24-19(26)16-9-8-15(25(28)29)10-17(16)22/h4-12,18H,1-3H3,(H,23,27)(H,24,26). The second kappa shape index (κ2) is 9.84. The minimum Gasteiger partial charge on any atom is -0.348 e. The van der Waals surface area contributed by atoms with E-state index < -0.39 is 16.9 Å². The van der Waals surface area contributed by atoms with Crippen LogP contribution in [0.4, 0.5) is 5.69 Å². The van der Waals surface area contributed by atoms with Gasteiger partial charge in [0.25, 0.3) is 11.6 Å². The van der Waals surface area contributed by atoms with E-state index in [1.165, 1.54) is 12.1 Å². The largest absolute Gasteiger partial charge is 0.348 e. The van der Waals surface area contributed by atoms with Gasteiger partial charge in [0.1, 0.15) is 6.04 Å². The first-order valence-corrected chi connectivity index (χ1v) is 10.1. The number of nitro groups is 1. The number of halogens is 2. The Hall–Kier alpha value is -2.45. The number of carbonyl (C=O) groups excluding carboxylic acids is 2. The van der Waals surface area contributed by atoms with Crippen LogP contribution in [-0.2, 0) is 4.79 Å². The summed E-state index contributed by atoms with van der Waals surface area (Å²) in [5.41, 5.74) is 0.776. The summed E-state index contributed by atoms with van der Waals surface area (Å²) in [4.78, 5) is 35.6. The van der Waals surface area contributed by atoms with Crippen LogP contribution in [0.1, 0.15) is 42.7 Å². The van der Waals surface area contributed by atoms with Crippen LogP contribution in [0.5, 0.6) is 0 Å². The summed E-state index contributed by atoms with van der Waals surface area (Å²) in [6, 6.07) is 10.1. The average molecular weight is 483 g/mol. The Kier molecular flexibility index (Phi) is 7.75. The Morgan fingerprint density at radius 1 is 1.07 bits per heavy atom. The molecule has 154 valence electrons. The van der Waals surface area contributed by atoms with Gasteiger partial charge in [-0.25, -0.2) is 0 Å². The van der Waals surface area contributed by atoms with E-state index in [1.54, 1.807) is 0 Å². The van der Waals surface area contributed by atoms with E-state index in [4.69, 9.17) is 11.6 Å². The summed E-state index contributed by atoms with van der Waals surface area (Å²) in [6.45, 7) is 5.48. The molecule has 7 nitrogen and oxygen atoms in total. The minimum absolute atomic E-state index is 0.0529. The van der Waals surface area contributed by atoms with E-state index >= 15 is 0 Å². The lowest BCUT2D eigenvalue weighted by Gasteiger charge is -2.24. The number of non-ortho nitro benzene ring substituents is 1. The van der Waals surface area contributed by atoms with E-state index in [1.807, 2.05) is 45.0 Å². The molecule has 0 aliphatic rings. The highest BCUT2D eigenvalue weighted by molar-refractivity contribution is 9.10. The maximum Gasteiger partial charge on any atom is 0.270 e. The molecule has 0 aromatic heterocycles. The van der Waals surface area contributed by atoms with Crippen molar-refractivity contribution in [3.05, 3.63) is 73.2 Å². The van der Waals surface area contributed by atoms with Crippen molar-refractivity contribution in [2.75, 3.05) is 0 Å². The Morgan fingerprint density at radius 3 is 2.21 bits per heavy atom. The number of benzene rings is 2. The zero-order valence-corrected chi connectivity index (χ0v) is 18.5. The zero-order valence-electron chi connectivity index (χ0n) is 16.1. The van der Waals surface area contributed by atoms with Gasteiger partial charge < -0.3 is 10.6 Å². The fraction of sp³-hybridized carbons (Fsp3) is 0.300. The SMILES string of the molecule is CC(NC(=O)C(NC(=O)c1ccc([N+](=O)[O-])cc1Cl)C(C)C)c1ccc(Br)cc1. The van der Waals surface area contributed by atoms with Gasteiger partial charge in [0, 0.05) is 16.6 Å². The van der Waals surface area contributed by atoms with Crippen LogP contribution in [0.25, 0.3) is 0 Å². The van der Waals surface area contributed by atoms with Gasteiger partial charge in [0.2, 0.25) is 5.91 Å². The van der Waals surface area contributed by atoms with Crippen molar-refractivity contribution in [1.29, 1.82) is 0 Å². The van der Waals surface area contributed by atoms with Crippen molar-refractivity contribution in [2.24, 2.45) is 5.92 Å². The number of hydrogen-bond acceptors (Lipinski definition) is 4. The molecule has 0 bridgehead atoms. The van der Waals surface area contributed by atoms with Crippen molar-refractivity contribution in [2.45, 2.75) is 32.9 Å². The normalized spacial score (nSPS) is 12.9. The Balaban J connectivity index is 2.12. The summed E-state index contributed by atoms with van der Waals surface area (Å²) >= 11 is 9.39. The number of carbonyl (C=O) groups is 2. The predicted molar refractivity (Wildman–Crippen MR) is 115 cm³/mol. The molecule has 29 heavy (non-hydrogen) atoms. The monoisotopic (exact) mass is 481 g/mol. The smallest absolute Gasteiger partial charge is 0.270 e. The lowest BCUT2D eigenvalue weighted by Crippen LogP contribution is -2.50. The van der Waals surface area contributed by atoms with Gasteiger partial charge in [0.15, 0.2) is 0 Å². The van der Waals surface area contributed by atoms with Crippen molar-refractivity contribution >= 4 is 45.0 Å². The maximum absolute atomic E-state index is 12.8. The third kappa shape index (κ3) is 6.01. The highest BCUT2D eigenvalue weighted by Crippen LogP contribution is 2.23. The van der Waals surface area contributed by atoms with Crippen LogP contribution in [-0.4, -0.2) is 22.8 Å². The van der Waals surface area contributed by atoms with Gasteiger partial charge in [-0.3, -0.25) is 19.7 Å². The second-order valence-electron chi connectivity index (χ2n) is 6.90. The lowest BCUT2D eigenvalue weighted by molar-refractivity contribution is -0.384. The molecule has 0 heterocycles. The molecule has 0 saturated carbocycles. The van der Waals surface area contributed by atoms with Crippen molar-refractivity contribution in [3.63, 3.8) is 0 Å². The van der Waals surface area contributed by atoms with Crippen molar-refractivity contribution in [3.8, 4) is 0 Å². The molecular formula is C20H21BrClN3O4. The molecule has 0 saturated heterocycles. The number of hydrogen-bond donors (Lipinski definition) is 2. The summed E-state index contributed by atoms with van der Waals surface area (Å²) < 4.78 is 0.937. The molecule has 2 N–H and O–H groups in total. The summed E-state index contributed by atoms with van der Waals surface area (Å²) in [6.07, 6.45) is 0. The zero-order chi connectivity index (χ0) is 21.7. The van der Waals surface area contributed by atoms with Crippen LogP contribution in [0.3, 0.4) is 0 Å². The highest BCUT2D eigenvalue weighted by Gasteiger charge is 2.27. The molecule has 2 amide bonds. The molecule has 2 aromatic carbocycles. The van der Waals surface area contributed by atoms with Gasteiger partial charge in [-0.05, 0) is 36.6 Å². The summed E-state index contributed by atoms with van der Waals surface area (Å²) in [5, 5.41) is 16.3. The number of nitrogens with zero attached hydrogens (tertiary/aromatic N) is 1. The van der Waals surface area contributed by atoms with Crippen LogP contribution >= 0.6 is 27.5 Å². The fourth-order valence-electron chi connectivity index (χ4n) is 2.69. The predicted octanol–water partition coefficient (Wildman–Crippen LogP) is 4.64. The molecule has 0 aliphatic heterocycles. The molecule has 2 rings (SSSR count). The van der Waals surface area contributed by atoms with Gasteiger partial charge >= 0.3 is 0 Å². The van der Waals surface area contributed by atoms with E-state index in [2.05, 4.69) is 26.6 Å². The van der Waals surface area contributed by atoms with Crippen LogP contribution in [0.2, 0.25) is 5.02 Å². The first-order valence-electron chi connectivity index (χ1n) is 8.90. The molecule has 0 spiro atoms. The van der Waals surface area contributed by atoms with Crippen LogP contribution < -0.4 is 10.6 Å². The van der Waals surface area contributed by atoms with E-state index in [9.17, 15) is 19.7 Å². The summed E-state index contributed by atoms with van der Waals surface area (Å²) in [7, 11) is 0. The maximum atomic E-state index is 12.8. The van der Waals surface area contributed by atoms with Crippen LogP contribution in [0.15, 0.2) is 46.9 Å². The molecular weight excluding hydrogens is 462 g/mol. The van der Waals surface area contributed by atoms with E-state index in [0.717, 1.165) is 16.1 Å². The van der Waals surface area contributed by atoms with Gasteiger partial charge in [0.05, 0.1) is 21.6 Å². The van der Waals surface area contributed by atoms with E-state index in [-0.39, 0.29) is 34.1 Å². The number of nitrogens with one attached hydrogen (secondary N) is 2. The summed E-state index contributed by atoms with van der Waals surface area (Å²) in [5.74, 6) is -1.09. The first kappa shape index (κ1) is 22.8. The Morgan fingerprint density at radius 2 is 1.69 bits per heavy atom. The number of amides is 2. The molecule has 2 aromatic rings. The Labute approximate surface area is 182 Å². The third-order valence-corrected chi connectivity index (χ3v) is 5.21. The average Bonchev–Trinajstić information content (AvgIpc) is 2.65. The van der Waals surface area contributed by atoms with Crippen molar-refractivity contribution < 1.29 is 14.5 Å². The third-order valence-electron chi connectivity index (χ3n) is 4.37. The van der Waals surface area contributed by atoms with Gasteiger partial charge in [-0.2, -0.15) is 0 Å². The second-order valence-corrected chi connectivity index (χ2v) is 8.22. The van der Waals surface area contributed by atoms with E-state index in [0.29, 0.717) is 0 Å². The first-order chi connectivity index (χ1) is 13.6. The van der Waals surface area contributed by atoms with Gasteiger partial charge in [-0.1, -0.05) is 53.5 Å². The Bertz CT molecular complexity index is 918. The molecule has 9 heteroatoms. The molecule has 2 unspecified atom stereocenters. The molecule has 0 radical (unpaired) electrons. The quantitative estimate of drug-likeness (QED) is 0.443. The minimum atomic E-state index is -0.799. The highest BCUT2D eigenvalue weighted by atomic mass is 79.9. The lowest BCUT2D eigenvalue weighted by atomic mass is 10.0. The van der Waals surface area contributed by atoms with Gasteiger partial charge in [-0.15, -0.1) is 0 Å². The van der Waals surface area contributed by atoms with Crippen LogP contribution in [0, 0.1) is 16.0 Å². The topological polar surface area (TPSA) is 101 Å². The fourth-order valence-corrected chi connectivity index (χ4v) is 3.22. The van der Waals surface area contributed by atoms with Crippen molar-refractivity contribution in [1.82, 2.24) is 10.6 Å². The molecule has 0 fully saturated rings. The molecule has 0 aliphatic carbocycles. The number of rotatable bonds is 7. The number of nitro benzene ring substituents is 1. The molecule has 2 atom stereocenters.